The lowest BCUT2D eigenvalue weighted by Crippen LogP contribution is -2.43. The van der Waals surface area contributed by atoms with E-state index in [0.717, 1.165) is 25.6 Å². The number of halogens is 1. The molecule has 2 fully saturated rings. The predicted octanol–water partition coefficient (Wildman–Crippen LogP) is 3.29. The zero-order valence-electron chi connectivity index (χ0n) is 12.0. The van der Waals surface area contributed by atoms with Gasteiger partial charge >= 0.3 is 0 Å². The summed E-state index contributed by atoms with van der Waals surface area (Å²) in [6.07, 6.45) is 2.50. The Hall–Kier alpha value is -0.0800. The predicted molar refractivity (Wildman–Crippen MR) is 105 cm³/mol. The van der Waals surface area contributed by atoms with Crippen molar-refractivity contribution in [3.63, 3.8) is 0 Å². The molecule has 1 saturated carbocycles. The van der Waals surface area contributed by atoms with E-state index in [2.05, 4.69) is 40.2 Å². The third-order valence-corrected chi connectivity index (χ3v) is 6.17. The number of nitrogens with zero attached hydrogens (tertiary/aromatic N) is 2. The van der Waals surface area contributed by atoms with Crippen LogP contribution >= 0.6 is 47.5 Å². The summed E-state index contributed by atoms with van der Waals surface area (Å²) in [6.45, 7) is 2.93. The quantitative estimate of drug-likeness (QED) is 0.448. The molecule has 1 aliphatic carbocycles. The van der Waals surface area contributed by atoms with Crippen LogP contribution in [-0.2, 0) is 0 Å². The summed E-state index contributed by atoms with van der Waals surface area (Å²) in [7, 11) is 0. The van der Waals surface area contributed by atoms with Crippen LogP contribution in [0.5, 0.6) is 0 Å². The van der Waals surface area contributed by atoms with E-state index >= 15 is 0 Å². The maximum absolute atomic E-state index is 6.13. The highest BCUT2D eigenvalue weighted by Gasteiger charge is 2.43. The van der Waals surface area contributed by atoms with Gasteiger partial charge in [-0.25, -0.2) is 0 Å². The van der Waals surface area contributed by atoms with Crippen molar-refractivity contribution >= 4 is 53.5 Å². The second-order valence-corrected chi connectivity index (χ2v) is 8.14. The normalized spacial score (nSPS) is 20.8. The minimum absolute atomic E-state index is 0. The summed E-state index contributed by atoms with van der Waals surface area (Å²) in [5, 5.41) is 0. The molecule has 0 spiro atoms. The number of thioether (sulfide) groups is 2. The smallest absolute Gasteiger partial charge is 0.191 e. The molecule has 1 aromatic carbocycles. The van der Waals surface area contributed by atoms with Gasteiger partial charge in [0.15, 0.2) is 5.96 Å². The minimum atomic E-state index is 0. The highest BCUT2D eigenvalue weighted by Crippen LogP contribution is 2.51. The Balaban J connectivity index is 0.00000161. The van der Waals surface area contributed by atoms with E-state index in [1.807, 2.05) is 23.5 Å². The third kappa shape index (κ3) is 4.96. The summed E-state index contributed by atoms with van der Waals surface area (Å²) in [5.74, 6) is 3.07. The fourth-order valence-corrected chi connectivity index (χ4v) is 4.42. The first-order valence-corrected chi connectivity index (χ1v) is 9.11. The topological polar surface area (TPSA) is 41.6 Å². The van der Waals surface area contributed by atoms with Gasteiger partial charge in [0.2, 0.25) is 0 Å². The van der Waals surface area contributed by atoms with E-state index in [9.17, 15) is 0 Å². The molecule has 1 aromatic rings. The molecule has 0 amide bonds. The van der Waals surface area contributed by atoms with Crippen LogP contribution in [0.1, 0.15) is 12.8 Å². The largest absolute Gasteiger partial charge is 0.370 e. The Morgan fingerprint density at radius 3 is 2.52 bits per heavy atom. The van der Waals surface area contributed by atoms with Crippen molar-refractivity contribution in [1.29, 1.82) is 0 Å². The van der Waals surface area contributed by atoms with E-state index in [0.29, 0.717) is 4.75 Å². The SMILES string of the molecule is I.NC(=NCC1(Sc2ccccc2)CC1)N1CCSCC1. The zero-order chi connectivity index (χ0) is 13.8. The fraction of sp³-hybridized carbons (Fsp3) is 0.533. The summed E-state index contributed by atoms with van der Waals surface area (Å²) in [5.41, 5.74) is 6.13. The summed E-state index contributed by atoms with van der Waals surface area (Å²) in [4.78, 5) is 8.23. The van der Waals surface area contributed by atoms with Gasteiger partial charge in [0.1, 0.15) is 0 Å². The Bertz CT molecular complexity index is 471. The first-order valence-electron chi connectivity index (χ1n) is 7.14. The molecule has 2 aliphatic rings. The average Bonchev–Trinajstić information content (AvgIpc) is 3.27. The lowest BCUT2D eigenvalue weighted by Gasteiger charge is -2.27. The number of aliphatic imine (C=N–C) groups is 1. The van der Waals surface area contributed by atoms with Gasteiger partial charge in [0.05, 0.1) is 6.54 Å². The van der Waals surface area contributed by atoms with Crippen molar-refractivity contribution in [3.8, 4) is 0 Å². The molecule has 1 aliphatic heterocycles. The van der Waals surface area contributed by atoms with Gasteiger partial charge in [-0.1, -0.05) is 18.2 Å². The lowest BCUT2D eigenvalue weighted by atomic mass is 10.4. The number of nitrogens with two attached hydrogens (primary N) is 1. The molecule has 6 heteroatoms. The monoisotopic (exact) mass is 435 g/mol. The van der Waals surface area contributed by atoms with Gasteiger partial charge in [-0.3, -0.25) is 4.99 Å². The van der Waals surface area contributed by atoms with Crippen LogP contribution in [-0.4, -0.2) is 46.7 Å². The summed E-state index contributed by atoms with van der Waals surface area (Å²) < 4.78 is 0.302. The number of benzene rings is 1. The third-order valence-electron chi connectivity index (χ3n) is 3.75. The molecule has 0 radical (unpaired) electrons. The molecular weight excluding hydrogens is 413 g/mol. The molecule has 3 nitrogen and oxygen atoms in total. The molecule has 0 atom stereocenters. The summed E-state index contributed by atoms with van der Waals surface area (Å²) in [6, 6.07) is 10.6. The van der Waals surface area contributed by atoms with Crippen LogP contribution in [0.25, 0.3) is 0 Å². The average molecular weight is 435 g/mol. The summed E-state index contributed by atoms with van der Waals surface area (Å²) >= 11 is 3.96. The lowest BCUT2D eigenvalue weighted by molar-refractivity contribution is 0.455. The van der Waals surface area contributed by atoms with Crippen molar-refractivity contribution < 1.29 is 0 Å². The van der Waals surface area contributed by atoms with E-state index in [1.165, 1.54) is 29.2 Å². The van der Waals surface area contributed by atoms with Gasteiger partial charge < -0.3 is 10.6 Å². The van der Waals surface area contributed by atoms with E-state index in [4.69, 9.17) is 5.73 Å². The molecule has 3 rings (SSSR count). The molecule has 0 aromatic heterocycles. The Labute approximate surface area is 152 Å². The fourth-order valence-electron chi connectivity index (χ4n) is 2.29. The first-order chi connectivity index (χ1) is 9.77. The number of rotatable bonds is 4. The highest BCUT2D eigenvalue weighted by atomic mass is 127. The number of hydrogen-bond donors (Lipinski definition) is 1. The Morgan fingerprint density at radius 1 is 1.24 bits per heavy atom. The van der Waals surface area contributed by atoms with Crippen molar-refractivity contribution in [2.75, 3.05) is 31.1 Å². The van der Waals surface area contributed by atoms with Gasteiger partial charge in [0.25, 0.3) is 0 Å². The van der Waals surface area contributed by atoms with E-state index < -0.39 is 0 Å². The molecule has 116 valence electrons. The molecule has 1 heterocycles. The van der Waals surface area contributed by atoms with Gasteiger partial charge in [-0.2, -0.15) is 11.8 Å². The Morgan fingerprint density at radius 2 is 1.90 bits per heavy atom. The van der Waals surface area contributed by atoms with E-state index in [1.54, 1.807) is 0 Å². The first kappa shape index (κ1) is 17.3. The van der Waals surface area contributed by atoms with Crippen LogP contribution < -0.4 is 5.73 Å². The van der Waals surface area contributed by atoms with Crippen LogP contribution in [0.3, 0.4) is 0 Å². The molecule has 2 N–H and O–H groups in total. The maximum atomic E-state index is 6.13. The molecule has 21 heavy (non-hydrogen) atoms. The molecule has 0 unspecified atom stereocenters. The second kappa shape index (κ2) is 7.97. The molecule has 0 bridgehead atoms. The second-order valence-electron chi connectivity index (χ2n) is 5.37. The number of hydrogen-bond acceptors (Lipinski definition) is 3. The molecular formula is C15H22IN3S2. The highest BCUT2D eigenvalue weighted by molar-refractivity contribution is 14.0. The van der Waals surface area contributed by atoms with E-state index in [-0.39, 0.29) is 24.0 Å². The number of guanidine groups is 1. The van der Waals surface area contributed by atoms with Crippen molar-refractivity contribution in [1.82, 2.24) is 4.90 Å². The Kier molecular flexibility index (Phi) is 6.55. The molecule has 1 saturated heterocycles. The van der Waals surface area contributed by atoms with Crippen LogP contribution in [0.2, 0.25) is 0 Å². The zero-order valence-corrected chi connectivity index (χ0v) is 16.0. The van der Waals surface area contributed by atoms with Crippen LogP contribution in [0.15, 0.2) is 40.2 Å². The van der Waals surface area contributed by atoms with Gasteiger partial charge in [-0.05, 0) is 25.0 Å². The van der Waals surface area contributed by atoms with Gasteiger partial charge in [0, 0.05) is 34.2 Å². The van der Waals surface area contributed by atoms with Crippen molar-refractivity contribution in [2.45, 2.75) is 22.5 Å². The van der Waals surface area contributed by atoms with Crippen molar-refractivity contribution in [2.24, 2.45) is 10.7 Å². The standard InChI is InChI=1S/C15H21N3S2.HI/c16-14(18-8-10-19-11-9-18)17-12-15(6-7-15)20-13-4-2-1-3-5-13;/h1-5H,6-12H2,(H2,16,17);1H. The maximum Gasteiger partial charge on any atom is 0.191 e. The minimum Gasteiger partial charge on any atom is -0.370 e. The van der Waals surface area contributed by atoms with Gasteiger partial charge in [-0.15, -0.1) is 35.7 Å². The van der Waals surface area contributed by atoms with Crippen LogP contribution in [0, 0.1) is 0 Å². The van der Waals surface area contributed by atoms with Crippen LogP contribution in [0.4, 0.5) is 0 Å². The van der Waals surface area contributed by atoms with Crippen molar-refractivity contribution in [3.05, 3.63) is 30.3 Å².